The summed E-state index contributed by atoms with van der Waals surface area (Å²) in [5.74, 6) is 0.250. The average molecular weight is 379 g/mol. The highest BCUT2D eigenvalue weighted by atomic mass is 35.5. The van der Waals surface area contributed by atoms with Crippen LogP contribution in [0.1, 0.15) is 10.4 Å². The molecular weight excluding hydrogens is 360 g/mol. The Kier molecular flexibility index (Phi) is 6.68. The fourth-order valence-corrected chi connectivity index (χ4v) is 2.42. The quantitative estimate of drug-likeness (QED) is 0.719. The van der Waals surface area contributed by atoms with Gasteiger partial charge in [0.2, 0.25) is 5.91 Å². The Labute approximate surface area is 156 Å². The van der Waals surface area contributed by atoms with Crippen LogP contribution in [0.3, 0.4) is 0 Å². The van der Waals surface area contributed by atoms with E-state index in [9.17, 15) is 9.59 Å². The summed E-state index contributed by atoms with van der Waals surface area (Å²) >= 11 is 6.05. The van der Waals surface area contributed by atoms with Crippen LogP contribution in [0.5, 0.6) is 11.5 Å². The van der Waals surface area contributed by atoms with Crippen LogP contribution in [-0.2, 0) is 9.53 Å². The molecule has 0 heterocycles. The fourth-order valence-electron chi connectivity index (χ4n) is 2.19. The zero-order valence-electron chi connectivity index (χ0n) is 14.6. The summed E-state index contributed by atoms with van der Waals surface area (Å²) in [7, 11) is 4.32. The number of ether oxygens (including phenoxy) is 3. The molecule has 0 aliphatic rings. The van der Waals surface area contributed by atoms with Gasteiger partial charge in [0.05, 0.1) is 44.1 Å². The monoisotopic (exact) mass is 378 g/mol. The van der Waals surface area contributed by atoms with Crippen molar-refractivity contribution in [3.63, 3.8) is 0 Å². The molecule has 0 unspecified atom stereocenters. The number of carbonyl (C=O) groups is 2. The van der Waals surface area contributed by atoms with Gasteiger partial charge in [-0.1, -0.05) is 11.6 Å². The molecule has 0 spiro atoms. The second kappa shape index (κ2) is 8.96. The lowest BCUT2D eigenvalue weighted by Crippen LogP contribution is -2.22. The number of halogens is 1. The van der Waals surface area contributed by atoms with E-state index >= 15 is 0 Å². The molecule has 2 rings (SSSR count). The standard InChI is InChI=1S/C18H19ClN2O5/c1-24-15-9-14(16(25-2)8-13(15)19)20-10-17(22)21-12-6-4-11(5-7-12)18(23)26-3/h4-9,20H,10H2,1-3H3,(H,21,22). The third-order valence-electron chi connectivity index (χ3n) is 3.50. The lowest BCUT2D eigenvalue weighted by molar-refractivity contribution is -0.114. The number of amides is 1. The Morgan fingerprint density at radius 2 is 1.65 bits per heavy atom. The van der Waals surface area contributed by atoms with Crippen LogP contribution < -0.4 is 20.1 Å². The van der Waals surface area contributed by atoms with Gasteiger partial charge in [0.15, 0.2) is 0 Å². The maximum atomic E-state index is 12.1. The minimum atomic E-state index is -0.437. The van der Waals surface area contributed by atoms with E-state index in [1.54, 1.807) is 36.4 Å². The summed E-state index contributed by atoms with van der Waals surface area (Å²) in [5.41, 5.74) is 1.54. The van der Waals surface area contributed by atoms with Crippen LogP contribution in [0, 0.1) is 0 Å². The second-order valence-electron chi connectivity index (χ2n) is 5.16. The summed E-state index contributed by atoms with van der Waals surface area (Å²) in [6.45, 7) is -0.0000994. The van der Waals surface area contributed by atoms with E-state index in [-0.39, 0.29) is 12.5 Å². The van der Waals surface area contributed by atoms with Gasteiger partial charge < -0.3 is 24.8 Å². The maximum Gasteiger partial charge on any atom is 0.337 e. The molecule has 0 aliphatic carbocycles. The molecule has 138 valence electrons. The Morgan fingerprint density at radius 1 is 1.00 bits per heavy atom. The molecule has 0 saturated carbocycles. The van der Waals surface area contributed by atoms with Crippen molar-refractivity contribution < 1.29 is 23.8 Å². The van der Waals surface area contributed by atoms with Gasteiger partial charge in [-0.3, -0.25) is 4.79 Å². The van der Waals surface area contributed by atoms with E-state index in [2.05, 4.69) is 15.4 Å². The van der Waals surface area contributed by atoms with Crippen LogP contribution in [0.4, 0.5) is 11.4 Å². The van der Waals surface area contributed by atoms with Crippen LogP contribution in [-0.4, -0.2) is 39.8 Å². The van der Waals surface area contributed by atoms with Gasteiger partial charge >= 0.3 is 5.97 Å². The molecule has 1 amide bonds. The Hall–Kier alpha value is -2.93. The first-order chi connectivity index (χ1) is 12.5. The third kappa shape index (κ3) is 4.80. The van der Waals surface area contributed by atoms with Crippen LogP contribution in [0.25, 0.3) is 0 Å². The van der Waals surface area contributed by atoms with Gasteiger partial charge in [-0.2, -0.15) is 0 Å². The molecule has 0 fully saturated rings. The predicted molar refractivity (Wildman–Crippen MR) is 99.5 cm³/mol. The number of carbonyl (C=O) groups excluding carboxylic acids is 2. The molecule has 0 atom stereocenters. The number of hydrogen-bond acceptors (Lipinski definition) is 6. The smallest absolute Gasteiger partial charge is 0.337 e. The van der Waals surface area contributed by atoms with E-state index in [1.165, 1.54) is 21.3 Å². The lowest BCUT2D eigenvalue weighted by atomic mass is 10.2. The number of benzene rings is 2. The number of methoxy groups -OCH3 is 3. The number of anilines is 2. The van der Waals surface area contributed by atoms with Gasteiger partial charge in [-0.25, -0.2) is 4.79 Å². The molecule has 0 aliphatic heterocycles. The summed E-state index contributed by atoms with van der Waals surface area (Å²) in [5, 5.41) is 6.10. The molecule has 7 nitrogen and oxygen atoms in total. The van der Waals surface area contributed by atoms with Crippen molar-refractivity contribution in [3.8, 4) is 11.5 Å². The SMILES string of the molecule is COC(=O)c1ccc(NC(=O)CNc2cc(OC)c(Cl)cc2OC)cc1. The van der Waals surface area contributed by atoms with Crippen molar-refractivity contribution in [2.45, 2.75) is 0 Å². The van der Waals surface area contributed by atoms with E-state index in [0.29, 0.717) is 33.5 Å². The Morgan fingerprint density at radius 3 is 2.23 bits per heavy atom. The molecule has 0 saturated heterocycles. The number of nitrogens with one attached hydrogen (secondary N) is 2. The minimum absolute atomic E-state index is 0.0000994. The summed E-state index contributed by atoms with van der Waals surface area (Å²) < 4.78 is 15.0. The number of esters is 1. The van der Waals surface area contributed by atoms with Crippen molar-refractivity contribution in [2.24, 2.45) is 0 Å². The first kappa shape index (κ1) is 19.4. The van der Waals surface area contributed by atoms with Gasteiger partial charge in [0.1, 0.15) is 11.5 Å². The van der Waals surface area contributed by atoms with Gasteiger partial charge in [-0.15, -0.1) is 0 Å². The van der Waals surface area contributed by atoms with Crippen LogP contribution >= 0.6 is 11.6 Å². The highest BCUT2D eigenvalue weighted by Gasteiger charge is 2.11. The maximum absolute atomic E-state index is 12.1. The van der Waals surface area contributed by atoms with Crippen LogP contribution in [0.15, 0.2) is 36.4 Å². The zero-order chi connectivity index (χ0) is 19.1. The van der Waals surface area contributed by atoms with Crippen molar-refractivity contribution in [1.82, 2.24) is 0 Å². The second-order valence-corrected chi connectivity index (χ2v) is 5.56. The largest absolute Gasteiger partial charge is 0.495 e. The first-order valence-corrected chi connectivity index (χ1v) is 8.00. The van der Waals surface area contributed by atoms with E-state index in [4.69, 9.17) is 21.1 Å². The van der Waals surface area contributed by atoms with Crippen LogP contribution in [0.2, 0.25) is 5.02 Å². The summed E-state index contributed by atoms with van der Waals surface area (Å²) in [6.07, 6.45) is 0. The molecule has 8 heteroatoms. The van der Waals surface area contributed by atoms with Gasteiger partial charge in [-0.05, 0) is 24.3 Å². The summed E-state index contributed by atoms with van der Waals surface area (Å²) in [6, 6.07) is 9.64. The number of rotatable bonds is 7. The lowest BCUT2D eigenvalue weighted by Gasteiger charge is -2.14. The highest BCUT2D eigenvalue weighted by molar-refractivity contribution is 6.32. The summed E-state index contributed by atoms with van der Waals surface area (Å²) in [4.78, 5) is 23.5. The molecule has 2 N–H and O–H groups in total. The normalized spacial score (nSPS) is 10.0. The van der Waals surface area contributed by atoms with Crippen molar-refractivity contribution in [2.75, 3.05) is 38.5 Å². The highest BCUT2D eigenvalue weighted by Crippen LogP contribution is 2.35. The minimum Gasteiger partial charge on any atom is -0.495 e. The van der Waals surface area contributed by atoms with Gasteiger partial charge in [0, 0.05) is 17.8 Å². The molecule has 0 radical (unpaired) electrons. The molecular formula is C18H19ClN2O5. The molecule has 26 heavy (non-hydrogen) atoms. The Balaban J connectivity index is 1.99. The first-order valence-electron chi connectivity index (χ1n) is 7.62. The van der Waals surface area contributed by atoms with Crippen molar-refractivity contribution in [3.05, 3.63) is 47.0 Å². The van der Waals surface area contributed by atoms with E-state index < -0.39 is 5.97 Å². The van der Waals surface area contributed by atoms with Crippen molar-refractivity contribution in [1.29, 1.82) is 0 Å². The molecule has 0 bridgehead atoms. The zero-order valence-corrected chi connectivity index (χ0v) is 15.3. The molecule has 2 aromatic rings. The van der Waals surface area contributed by atoms with E-state index in [1.807, 2.05) is 0 Å². The predicted octanol–water partition coefficient (Wildman–Crippen LogP) is 3.19. The fraction of sp³-hybridized carbons (Fsp3) is 0.222. The molecule has 2 aromatic carbocycles. The Bertz CT molecular complexity index is 793. The molecule has 0 aromatic heterocycles. The topological polar surface area (TPSA) is 85.9 Å². The number of hydrogen-bond donors (Lipinski definition) is 2. The van der Waals surface area contributed by atoms with Crippen molar-refractivity contribution >= 4 is 34.9 Å². The van der Waals surface area contributed by atoms with E-state index in [0.717, 1.165) is 0 Å². The average Bonchev–Trinajstić information content (AvgIpc) is 2.66. The third-order valence-corrected chi connectivity index (χ3v) is 3.80. The van der Waals surface area contributed by atoms with Gasteiger partial charge in [0.25, 0.3) is 0 Å².